The molecule has 0 bridgehead atoms. The van der Waals surface area contributed by atoms with E-state index in [9.17, 15) is 0 Å². The van der Waals surface area contributed by atoms with Gasteiger partial charge in [-0.25, -0.2) is 0 Å². The molecule has 106 valence electrons. The van der Waals surface area contributed by atoms with Gasteiger partial charge in [-0.1, -0.05) is 18.2 Å². The Morgan fingerprint density at radius 1 is 1.45 bits per heavy atom. The molecule has 0 saturated heterocycles. The number of aromatic nitrogens is 2. The van der Waals surface area contributed by atoms with Gasteiger partial charge in [0.05, 0.1) is 6.20 Å². The highest BCUT2D eigenvalue weighted by molar-refractivity contribution is 7.99. The fourth-order valence-corrected chi connectivity index (χ4v) is 3.81. The average molecular weight is 287 g/mol. The molecule has 0 amide bonds. The molecule has 2 atom stereocenters. The molecule has 0 aliphatic carbocycles. The Bertz CT molecular complexity index is 579. The molecule has 1 aliphatic rings. The van der Waals surface area contributed by atoms with Crippen LogP contribution >= 0.6 is 11.8 Å². The SMILES string of the molecule is CCn1cc(C(C)NC2CCSc3ccccc32)cn1. The van der Waals surface area contributed by atoms with Crippen LogP contribution in [0.4, 0.5) is 0 Å². The van der Waals surface area contributed by atoms with Crippen molar-refractivity contribution in [3.8, 4) is 0 Å². The van der Waals surface area contributed by atoms with Crippen LogP contribution in [0.3, 0.4) is 0 Å². The standard InChI is InChI=1S/C16H21N3S/c1-3-19-11-13(10-17-19)12(2)18-15-8-9-20-16-7-5-4-6-14(15)16/h4-7,10-12,15,18H,3,8-9H2,1-2H3. The molecule has 1 aliphatic heterocycles. The van der Waals surface area contributed by atoms with E-state index in [1.54, 1.807) is 0 Å². The Labute approximate surface area is 124 Å². The number of aryl methyl sites for hydroxylation is 1. The van der Waals surface area contributed by atoms with E-state index in [1.807, 2.05) is 22.6 Å². The second-order valence-electron chi connectivity index (χ2n) is 5.25. The van der Waals surface area contributed by atoms with Gasteiger partial charge in [0, 0.05) is 35.3 Å². The van der Waals surface area contributed by atoms with Gasteiger partial charge in [-0.2, -0.15) is 5.10 Å². The third kappa shape index (κ3) is 2.76. The first-order valence-corrected chi connectivity index (χ1v) is 8.26. The number of hydrogen-bond acceptors (Lipinski definition) is 3. The first-order chi connectivity index (χ1) is 9.78. The van der Waals surface area contributed by atoms with Crippen molar-refractivity contribution in [3.05, 3.63) is 47.8 Å². The molecule has 0 fully saturated rings. The van der Waals surface area contributed by atoms with Crippen molar-refractivity contribution in [2.75, 3.05) is 5.75 Å². The first-order valence-electron chi connectivity index (χ1n) is 7.28. The summed E-state index contributed by atoms with van der Waals surface area (Å²) in [7, 11) is 0. The highest BCUT2D eigenvalue weighted by Crippen LogP contribution is 2.36. The summed E-state index contributed by atoms with van der Waals surface area (Å²) in [6, 6.07) is 9.53. The van der Waals surface area contributed by atoms with Crippen LogP contribution in [0.5, 0.6) is 0 Å². The van der Waals surface area contributed by atoms with E-state index in [4.69, 9.17) is 0 Å². The van der Waals surface area contributed by atoms with E-state index in [0.717, 1.165) is 6.54 Å². The van der Waals surface area contributed by atoms with Crippen molar-refractivity contribution < 1.29 is 0 Å². The Hall–Kier alpha value is -1.26. The van der Waals surface area contributed by atoms with Crippen molar-refractivity contribution >= 4 is 11.8 Å². The van der Waals surface area contributed by atoms with Gasteiger partial charge in [-0.15, -0.1) is 11.8 Å². The second kappa shape index (κ2) is 6.02. The number of rotatable bonds is 4. The highest BCUT2D eigenvalue weighted by atomic mass is 32.2. The number of nitrogens with zero attached hydrogens (tertiary/aromatic N) is 2. The lowest BCUT2D eigenvalue weighted by atomic mass is 10.0. The maximum Gasteiger partial charge on any atom is 0.0537 e. The zero-order valence-electron chi connectivity index (χ0n) is 12.0. The Balaban J connectivity index is 1.75. The molecule has 2 heterocycles. The smallest absolute Gasteiger partial charge is 0.0537 e. The van der Waals surface area contributed by atoms with Crippen molar-refractivity contribution in [1.29, 1.82) is 0 Å². The molecule has 1 aromatic heterocycles. The summed E-state index contributed by atoms with van der Waals surface area (Å²) in [5, 5.41) is 8.13. The van der Waals surface area contributed by atoms with Crippen LogP contribution in [-0.4, -0.2) is 15.5 Å². The van der Waals surface area contributed by atoms with E-state index in [1.165, 1.54) is 28.2 Å². The van der Waals surface area contributed by atoms with Gasteiger partial charge in [0.1, 0.15) is 0 Å². The summed E-state index contributed by atoms with van der Waals surface area (Å²) in [6.45, 7) is 5.26. The lowest BCUT2D eigenvalue weighted by Gasteiger charge is -2.28. The lowest BCUT2D eigenvalue weighted by molar-refractivity contribution is 0.450. The number of fused-ring (bicyclic) bond motifs is 1. The molecule has 1 N–H and O–H groups in total. The molecular weight excluding hydrogens is 266 g/mol. The predicted molar refractivity (Wildman–Crippen MR) is 84.0 cm³/mol. The number of thioether (sulfide) groups is 1. The summed E-state index contributed by atoms with van der Waals surface area (Å²) >= 11 is 1.97. The van der Waals surface area contributed by atoms with Gasteiger partial charge in [0.2, 0.25) is 0 Å². The Morgan fingerprint density at radius 3 is 3.10 bits per heavy atom. The number of nitrogens with one attached hydrogen (secondary N) is 1. The van der Waals surface area contributed by atoms with Crippen molar-refractivity contribution in [1.82, 2.24) is 15.1 Å². The van der Waals surface area contributed by atoms with Crippen molar-refractivity contribution in [2.24, 2.45) is 0 Å². The molecule has 1 aromatic carbocycles. The van der Waals surface area contributed by atoms with Crippen LogP contribution in [0.25, 0.3) is 0 Å². The van der Waals surface area contributed by atoms with Crippen LogP contribution in [-0.2, 0) is 6.54 Å². The van der Waals surface area contributed by atoms with Crippen molar-refractivity contribution in [2.45, 2.75) is 43.8 Å². The normalized spacial score (nSPS) is 19.6. The average Bonchev–Trinajstić information content (AvgIpc) is 2.97. The summed E-state index contributed by atoms with van der Waals surface area (Å²) in [5.41, 5.74) is 2.71. The van der Waals surface area contributed by atoms with Gasteiger partial charge in [-0.05, 0) is 37.7 Å². The molecule has 0 radical (unpaired) electrons. The summed E-state index contributed by atoms with van der Waals surface area (Å²) < 4.78 is 1.98. The molecule has 4 heteroatoms. The van der Waals surface area contributed by atoms with Gasteiger partial charge < -0.3 is 5.32 Å². The molecule has 0 saturated carbocycles. The summed E-state index contributed by atoms with van der Waals surface area (Å²) in [6.07, 6.45) is 5.31. The lowest BCUT2D eigenvalue weighted by Crippen LogP contribution is -2.27. The molecule has 3 nitrogen and oxygen atoms in total. The number of hydrogen-bond donors (Lipinski definition) is 1. The molecule has 20 heavy (non-hydrogen) atoms. The Kier molecular flexibility index (Phi) is 4.13. The molecule has 2 aromatic rings. The van der Waals surface area contributed by atoms with Gasteiger partial charge in [0.25, 0.3) is 0 Å². The third-order valence-corrected chi connectivity index (χ3v) is 5.01. The van der Waals surface area contributed by atoms with Crippen LogP contribution < -0.4 is 5.32 Å². The van der Waals surface area contributed by atoms with E-state index < -0.39 is 0 Å². The quantitative estimate of drug-likeness (QED) is 0.928. The maximum absolute atomic E-state index is 4.37. The van der Waals surface area contributed by atoms with Crippen LogP contribution in [0.15, 0.2) is 41.6 Å². The van der Waals surface area contributed by atoms with E-state index in [-0.39, 0.29) is 0 Å². The van der Waals surface area contributed by atoms with Gasteiger partial charge >= 0.3 is 0 Å². The maximum atomic E-state index is 4.37. The third-order valence-electron chi connectivity index (χ3n) is 3.89. The van der Waals surface area contributed by atoms with Crippen LogP contribution in [0.1, 0.15) is 43.5 Å². The zero-order chi connectivity index (χ0) is 13.9. The topological polar surface area (TPSA) is 29.9 Å². The minimum Gasteiger partial charge on any atom is -0.303 e. The van der Waals surface area contributed by atoms with E-state index in [2.05, 4.69) is 54.7 Å². The van der Waals surface area contributed by atoms with Crippen LogP contribution in [0, 0.1) is 0 Å². The largest absolute Gasteiger partial charge is 0.303 e. The second-order valence-corrected chi connectivity index (χ2v) is 6.38. The minimum atomic E-state index is 0.330. The van der Waals surface area contributed by atoms with Crippen LogP contribution in [0.2, 0.25) is 0 Å². The molecule has 2 unspecified atom stereocenters. The predicted octanol–water partition coefficient (Wildman–Crippen LogP) is 3.79. The minimum absolute atomic E-state index is 0.330. The molecule has 3 rings (SSSR count). The molecule has 0 spiro atoms. The number of benzene rings is 1. The monoisotopic (exact) mass is 287 g/mol. The first kappa shape index (κ1) is 13.7. The Morgan fingerprint density at radius 2 is 2.30 bits per heavy atom. The fourth-order valence-electron chi connectivity index (χ4n) is 2.69. The highest BCUT2D eigenvalue weighted by Gasteiger charge is 2.22. The zero-order valence-corrected chi connectivity index (χ0v) is 12.9. The van der Waals surface area contributed by atoms with Crippen molar-refractivity contribution in [3.63, 3.8) is 0 Å². The molecular formula is C16H21N3S. The summed E-state index contributed by atoms with van der Waals surface area (Å²) in [5.74, 6) is 1.19. The van der Waals surface area contributed by atoms with Gasteiger partial charge in [-0.3, -0.25) is 4.68 Å². The summed E-state index contributed by atoms with van der Waals surface area (Å²) in [4.78, 5) is 1.42. The van der Waals surface area contributed by atoms with E-state index in [0.29, 0.717) is 12.1 Å². The fraction of sp³-hybridized carbons (Fsp3) is 0.438. The van der Waals surface area contributed by atoms with E-state index >= 15 is 0 Å². The van der Waals surface area contributed by atoms with Gasteiger partial charge in [0.15, 0.2) is 0 Å².